The molecule has 1 rings (SSSR count). The molecule has 0 aromatic carbocycles. The summed E-state index contributed by atoms with van der Waals surface area (Å²) in [5.74, 6) is 0. The molecule has 0 spiro atoms. The fourth-order valence-electron chi connectivity index (χ4n) is 1.48. The Morgan fingerprint density at radius 1 is 1.43 bits per heavy atom. The van der Waals surface area contributed by atoms with E-state index in [1.165, 1.54) is 16.7 Å². The van der Waals surface area contributed by atoms with Gasteiger partial charge in [0.1, 0.15) is 0 Å². The summed E-state index contributed by atoms with van der Waals surface area (Å²) in [6.07, 6.45) is 11.0. The predicted octanol–water partition coefficient (Wildman–Crippen LogP) is 4.12. The van der Waals surface area contributed by atoms with Gasteiger partial charge in [0.15, 0.2) is 0 Å². The maximum absolute atomic E-state index is 2.76. The van der Waals surface area contributed by atoms with E-state index in [2.05, 4.69) is 76.4 Å². The number of hydrogen-bond acceptors (Lipinski definition) is 0. The molecule has 0 bridgehead atoms. The molecule has 1 heteroatoms. The number of allylic oxidation sites excluding steroid dienone is 8. The van der Waals surface area contributed by atoms with Gasteiger partial charge in [0.2, 0.25) is 0 Å². The Morgan fingerprint density at radius 2 is 2.07 bits per heavy atom. The van der Waals surface area contributed by atoms with E-state index in [0.29, 0.717) is 0 Å². The Labute approximate surface area is 97.2 Å². The molecule has 0 aliphatic heterocycles. The van der Waals surface area contributed by atoms with E-state index in [0.717, 1.165) is 0 Å². The monoisotopic (exact) mass is 275 g/mol. The van der Waals surface area contributed by atoms with Crippen LogP contribution in [0.4, 0.5) is 0 Å². The van der Waals surface area contributed by atoms with Gasteiger partial charge in [0.25, 0.3) is 0 Å². The van der Waals surface area contributed by atoms with Crippen LogP contribution in [0.15, 0.2) is 47.1 Å². The Hall–Kier alpha value is -0.417. The zero-order valence-corrected chi connectivity index (χ0v) is 11.0. The molecule has 1 atom stereocenters. The molecule has 0 N–H and O–H groups in total. The van der Waals surface area contributed by atoms with Crippen molar-refractivity contribution >= 4 is 0 Å². The van der Waals surface area contributed by atoms with Crippen LogP contribution in [0.25, 0.3) is 0 Å². The molecule has 0 fully saturated rings. The van der Waals surface area contributed by atoms with Crippen LogP contribution in [-0.4, -0.2) is 0 Å². The fraction of sp³-hybridized carbons (Fsp3) is 0.385. The summed E-state index contributed by atoms with van der Waals surface area (Å²) in [6.45, 7) is 8.59. The van der Waals surface area contributed by atoms with Crippen molar-refractivity contribution in [1.82, 2.24) is 0 Å². The van der Waals surface area contributed by atoms with Gasteiger partial charge in [-0.3, -0.25) is 0 Å². The van der Waals surface area contributed by atoms with E-state index in [9.17, 15) is 0 Å². The fourth-order valence-corrected chi connectivity index (χ4v) is 1.90. The van der Waals surface area contributed by atoms with Crippen LogP contribution in [-0.2, 0) is 18.3 Å². The quantitative estimate of drug-likeness (QED) is 0.525. The molecule has 0 saturated carbocycles. The van der Waals surface area contributed by atoms with Gasteiger partial charge < -0.3 is 0 Å². The maximum atomic E-state index is 2.76. The summed E-state index contributed by atoms with van der Waals surface area (Å²) >= 11 is 2.76. The standard InChI is InChI=1S/C13H17.Ru/c1-5-6-11(3)12(4)13-8-7-10(2)9-13;/h5-9H,1-4H3;. The average Bonchev–Trinajstić information content (AvgIpc) is 2.45. The summed E-state index contributed by atoms with van der Waals surface area (Å²) in [4.78, 5) is 0. The molecule has 0 amide bonds. The van der Waals surface area contributed by atoms with Crippen LogP contribution in [0.1, 0.15) is 27.7 Å². The van der Waals surface area contributed by atoms with E-state index in [4.69, 9.17) is 0 Å². The molecule has 0 nitrogen and oxygen atoms in total. The van der Waals surface area contributed by atoms with Crippen LogP contribution in [0.2, 0.25) is 4.01 Å². The molecule has 1 aliphatic rings. The van der Waals surface area contributed by atoms with Gasteiger partial charge in [-0.15, -0.1) is 0 Å². The van der Waals surface area contributed by atoms with Crippen molar-refractivity contribution in [2.75, 3.05) is 0 Å². The molecule has 0 aromatic rings. The summed E-state index contributed by atoms with van der Waals surface area (Å²) in [5, 5.41) is 0. The first kappa shape index (κ1) is 11.7. The van der Waals surface area contributed by atoms with Gasteiger partial charge in [-0.2, -0.15) is 0 Å². The van der Waals surface area contributed by atoms with Crippen LogP contribution in [0.3, 0.4) is 0 Å². The summed E-state index contributed by atoms with van der Waals surface area (Å²) in [5.41, 5.74) is 4.06. The van der Waals surface area contributed by atoms with Crippen LogP contribution >= 0.6 is 0 Å². The van der Waals surface area contributed by atoms with Crippen LogP contribution < -0.4 is 0 Å². The minimum atomic E-state index is 0.159. The molecule has 1 aliphatic carbocycles. The SMILES string of the molecule is CC=CC(C)=C(C)C1=C[C](C)([Ru])C=C1. The van der Waals surface area contributed by atoms with Crippen molar-refractivity contribution in [2.45, 2.75) is 31.7 Å². The normalized spacial score (nSPS) is 28.2. The van der Waals surface area contributed by atoms with Gasteiger partial charge in [-0.1, -0.05) is 0 Å². The summed E-state index contributed by atoms with van der Waals surface area (Å²) in [7, 11) is 0. The van der Waals surface area contributed by atoms with Gasteiger partial charge in [0.05, 0.1) is 0 Å². The van der Waals surface area contributed by atoms with Crippen LogP contribution in [0.5, 0.6) is 0 Å². The zero-order valence-electron chi connectivity index (χ0n) is 9.24. The number of rotatable bonds is 2. The first-order chi connectivity index (χ1) is 6.46. The van der Waals surface area contributed by atoms with Crippen molar-refractivity contribution in [3.8, 4) is 0 Å². The van der Waals surface area contributed by atoms with E-state index >= 15 is 0 Å². The first-order valence-corrected chi connectivity index (χ1v) is 5.73. The molecule has 14 heavy (non-hydrogen) atoms. The van der Waals surface area contributed by atoms with Gasteiger partial charge in [-0.25, -0.2) is 0 Å². The molecular formula is C13H17Ru. The molecule has 77 valence electrons. The average molecular weight is 274 g/mol. The molecular weight excluding hydrogens is 257 g/mol. The van der Waals surface area contributed by atoms with Crippen molar-refractivity contribution < 1.29 is 18.3 Å². The Kier molecular flexibility index (Phi) is 3.67. The summed E-state index contributed by atoms with van der Waals surface area (Å²) < 4.78 is 0.159. The first-order valence-electron chi connectivity index (χ1n) is 4.86. The van der Waals surface area contributed by atoms with E-state index in [-0.39, 0.29) is 4.01 Å². The molecule has 0 heterocycles. The van der Waals surface area contributed by atoms with Crippen molar-refractivity contribution in [1.29, 1.82) is 0 Å². The van der Waals surface area contributed by atoms with Crippen molar-refractivity contribution in [3.05, 3.63) is 47.1 Å². The molecule has 0 aromatic heterocycles. The topological polar surface area (TPSA) is 0 Å². The second-order valence-corrected chi connectivity index (χ2v) is 5.74. The Balaban J connectivity index is 2.99. The number of hydrogen-bond donors (Lipinski definition) is 0. The minimum absolute atomic E-state index is 0.159. The second kappa shape index (κ2) is 4.40. The predicted molar refractivity (Wildman–Crippen MR) is 58.8 cm³/mol. The van der Waals surface area contributed by atoms with E-state index in [1.54, 1.807) is 0 Å². The van der Waals surface area contributed by atoms with Crippen molar-refractivity contribution in [2.24, 2.45) is 0 Å². The van der Waals surface area contributed by atoms with E-state index in [1.807, 2.05) is 0 Å². The molecule has 1 unspecified atom stereocenters. The third kappa shape index (κ3) is 2.79. The Bertz CT molecular complexity index is 338. The van der Waals surface area contributed by atoms with Crippen molar-refractivity contribution in [3.63, 3.8) is 0 Å². The molecule has 0 radical (unpaired) electrons. The Morgan fingerprint density at radius 3 is 2.50 bits per heavy atom. The van der Waals surface area contributed by atoms with E-state index < -0.39 is 0 Å². The van der Waals surface area contributed by atoms with Crippen LogP contribution in [0, 0.1) is 0 Å². The van der Waals surface area contributed by atoms with Gasteiger partial charge >= 0.3 is 97.1 Å². The molecule has 0 saturated heterocycles. The van der Waals surface area contributed by atoms with Gasteiger partial charge in [0, 0.05) is 0 Å². The summed E-state index contributed by atoms with van der Waals surface area (Å²) in [6, 6.07) is 0. The third-order valence-electron chi connectivity index (χ3n) is 2.46. The third-order valence-corrected chi connectivity index (χ3v) is 3.00. The van der Waals surface area contributed by atoms with Gasteiger partial charge in [-0.05, 0) is 0 Å². The second-order valence-electron chi connectivity index (χ2n) is 3.87. The zero-order chi connectivity index (χ0) is 10.8.